The molecule has 5 rings (SSSR count). The quantitative estimate of drug-likeness (QED) is 0.152. The average Bonchev–Trinajstić information content (AvgIpc) is 3.38. The topological polar surface area (TPSA) is 143 Å². The lowest BCUT2D eigenvalue weighted by atomic mass is 9.92. The number of methoxy groups -OCH3 is 2. The van der Waals surface area contributed by atoms with Crippen molar-refractivity contribution in [2.24, 2.45) is 5.41 Å². The van der Waals surface area contributed by atoms with Gasteiger partial charge in [-0.3, -0.25) is 14.4 Å². The van der Waals surface area contributed by atoms with Gasteiger partial charge in [-0.25, -0.2) is 4.79 Å². The SMILES string of the molecule is CCOC(=O)c1oc2ccc(NC(=O)C[C@H]3O[C@H](c4cccc(OC)c4OC)c4cc(Cl)ccc4N(CC(C)(C)COC(C)=O)C3=O)cc2c1C. The first-order chi connectivity index (χ1) is 24.3. The summed E-state index contributed by atoms with van der Waals surface area (Å²) in [7, 11) is 3.02. The van der Waals surface area contributed by atoms with E-state index in [9.17, 15) is 19.2 Å². The van der Waals surface area contributed by atoms with E-state index in [4.69, 9.17) is 39.7 Å². The molecule has 4 aromatic rings. The summed E-state index contributed by atoms with van der Waals surface area (Å²) in [5.41, 5.74) is 2.38. The number of anilines is 2. The van der Waals surface area contributed by atoms with Gasteiger partial charge in [-0.2, -0.15) is 0 Å². The highest BCUT2D eigenvalue weighted by molar-refractivity contribution is 6.30. The highest BCUT2D eigenvalue weighted by Crippen LogP contribution is 2.45. The summed E-state index contributed by atoms with van der Waals surface area (Å²) in [4.78, 5) is 53.9. The van der Waals surface area contributed by atoms with E-state index in [-0.39, 0.29) is 31.9 Å². The maximum Gasteiger partial charge on any atom is 0.374 e. The smallest absolute Gasteiger partial charge is 0.374 e. The number of para-hydroxylation sites is 1. The van der Waals surface area contributed by atoms with Crippen molar-refractivity contribution in [2.45, 2.75) is 53.2 Å². The largest absolute Gasteiger partial charge is 0.493 e. The number of fused-ring (bicyclic) bond motifs is 2. The number of furan rings is 1. The highest BCUT2D eigenvalue weighted by Gasteiger charge is 2.41. The Morgan fingerprint density at radius 3 is 2.45 bits per heavy atom. The third-order valence-electron chi connectivity index (χ3n) is 8.42. The van der Waals surface area contributed by atoms with Gasteiger partial charge in [0.25, 0.3) is 5.91 Å². The molecule has 1 N–H and O–H groups in total. The molecule has 12 nitrogen and oxygen atoms in total. The molecule has 1 aliphatic rings. The molecular formula is C38H41ClN2O10. The summed E-state index contributed by atoms with van der Waals surface area (Å²) in [6.45, 7) is 8.87. The van der Waals surface area contributed by atoms with E-state index in [0.717, 1.165) is 0 Å². The maximum absolute atomic E-state index is 14.6. The van der Waals surface area contributed by atoms with Gasteiger partial charge in [-0.05, 0) is 56.3 Å². The van der Waals surface area contributed by atoms with Crippen LogP contribution in [0.15, 0.2) is 59.0 Å². The molecule has 2 amide bonds. The summed E-state index contributed by atoms with van der Waals surface area (Å²) in [5.74, 6) is -1.08. The van der Waals surface area contributed by atoms with E-state index in [1.165, 1.54) is 21.1 Å². The number of hydrogen-bond acceptors (Lipinski definition) is 10. The molecule has 0 aliphatic carbocycles. The molecule has 0 spiro atoms. The minimum atomic E-state index is -1.28. The van der Waals surface area contributed by atoms with Crippen molar-refractivity contribution in [3.63, 3.8) is 0 Å². The van der Waals surface area contributed by atoms with Gasteiger partial charge in [0.1, 0.15) is 17.8 Å². The molecule has 13 heteroatoms. The Bertz CT molecular complexity index is 1970. The predicted molar refractivity (Wildman–Crippen MR) is 191 cm³/mol. The van der Waals surface area contributed by atoms with Crippen LogP contribution in [0.5, 0.6) is 11.5 Å². The first kappa shape index (κ1) is 37.2. The van der Waals surface area contributed by atoms with Crippen LogP contribution in [0.3, 0.4) is 0 Å². The number of nitrogens with zero attached hydrogens (tertiary/aromatic N) is 1. The average molecular weight is 721 g/mol. The number of amides is 2. The number of benzene rings is 3. The lowest BCUT2D eigenvalue weighted by Crippen LogP contribution is -2.46. The molecule has 0 fully saturated rings. The van der Waals surface area contributed by atoms with Crippen LogP contribution < -0.4 is 19.7 Å². The highest BCUT2D eigenvalue weighted by atomic mass is 35.5. The predicted octanol–water partition coefficient (Wildman–Crippen LogP) is 7.03. The number of hydrogen-bond donors (Lipinski definition) is 1. The Balaban J connectivity index is 1.53. The second kappa shape index (κ2) is 15.4. The maximum atomic E-state index is 14.6. The normalized spacial score (nSPS) is 15.9. The molecule has 2 heterocycles. The molecule has 2 atom stereocenters. The fourth-order valence-electron chi connectivity index (χ4n) is 6.07. The second-order valence-corrected chi connectivity index (χ2v) is 13.3. The van der Waals surface area contributed by atoms with Gasteiger partial charge in [-0.1, -0.05) is 37.6 Å². The molecule has 0 unspecified atom stereocenters. The molecule has 1 aliphatic heterocycles. The Morgan fingerprint density at radius 2 is 1.76 bits per heavy atom. The Labute approximate surface area is 300 Å². The van der Waals surface area contributed by atoms with Crippen LogP contribution >= 0.6 is 11.6 Å². The third kappa shape index (κ3) is 8.13. The molecule has 0 saturated heterocycles. The monoisotopic (exact) mass is 720 g/mol. The van der Waals surface area contributed by atoms with Crippen molar-refractivity contribution < 1.29 is 47.3 Å². The molecule has 0 saturated carbocycles. The van der Waals surface area contributed by atoms with Crippen LogP contribution in [-0.2, 0) is 28.6 Å². The third-order valence-corrected chi connectivity index (χ3v) is 8.66. The number of esters is 2. The van der Waals surface area contributed by atoms with E-state index in [1.54, 1.807) is 73.3 Å². The molecule has 3 aromatic carbocycles. The first-order valence-corrected chi connectivity index (χ1v) is 16.7. The first-order valence-electron chi connectivity index (χ1n) is 16.4. The fourth-order valence-corrected chi connectivity index (χ4v) is 6.25. The van der Waals surface area contributed by atoms with Crippen LogP contribution in [0.4, 0.5) is 11.4 Å². The fraction of sp³-hybridized carbons (Fsp3) is 0.368. The number of ether oxygens (including phenoxy) is 5. The Hall–Kier alpha value is -5.07. The zero-order valence-electron chi connectivity index (χ0n) is 29.6. The summed E-state index contributed by atoms with van der Waals surface area (Å²) in [6.07, 6.45) is -2.56. The summed E-state index contributed by atoms with van der Waals surface area (Å²) >= 11 is 6.55. The van der Waals surface area contributed by atoms with Crippen LogP contribution in [0.25, 0.3) is 11.0 Å². The van der Waals surface area contributed by atoms with Crippen LogP contribution in [0.2, 0.25) is 5.02 Å². The molecule has 51 heavy (non-hydrogen) atoms. The van der Waals surface area contributed by atoms with Gasteiger partial charge in [0.2, 0.25) is 11.7 Å². The lowest BCUT2D eigenvalue weighted by Gasteiger charge is -2.33. The second-order valence-electron chi connectivity index (χ2n) is 12.9. The van der Waals surface area contributed by atoms with Crippen LogP contribution in [0, 0.1) is 12.3 Å². The zero-order valence-corrected chi connectivity index (χ0v) is 30.3. The number of carbonyl (C=O) groups is 4. The van der Waals surface area contributed by atoms with Gasteiger partial charge in [0.05, 0.1) is 33.9 Å². The number of nitrogens with one attached hydrogen (secondary N) is 1. The van der Waals surface area contributed by atoms with Gasteiger partial charge >= 0.3 is 11.9 Å². The molecular weight excluding hydrogens is 680 g/mol. The minimum Gasteiger partial charge on any atom is -0.493 e. The van der Waals surface area contributed by atoms with Crippen molar-refractivity contribution >= 4 is 57.7 Å². The summed E-state index contributed by atoms with van der Waals surface area (Å²) in [6, 6.07) is 15.4. The molecule has 1 aromatic heterocycles. The molecule has 0 radical (unpaired) electrons. The number of carbonyl (C=O) groups excluding carboxylic acids is 4. The van der Waals surface area contributed by atoms with Crippen LogP contribution in [-0.4, -0.2) is 63.8 Å². The molecule has 270 valence electrons. The van der Waals surface area contributed by atoms with E-state index >= 15 is 0 Å². The number of aryl methyl sites for hydroxylation is 1. The van der Waals surface area contributed by atoms with Crippen molar-refractivity contribution in [1.82, 2.24) is 0 Å². The van der Waals surface area contributed by atoms with E-state index in [2.05, 4.69) is 5.32 Å². The van der Waals surface area contributed by atoms with Gasteiger partial charge in [0, 0.05) is 57.4 Å². The van der Waals surface area contributed by atoms with Crippen molar-refractivity contribution in [3.05, 3.63) is 82.1 Å². The van der Waals surface area contributed by atoms with Crippen molar-refractivity contribution in [1.29, 1.82) is 0 Å². The van der Waals surface area contributed by atoms with E-state index < -0.39 is 41.4 Å². The molecule has 0 bridgehead atoms. The van der Waals surface area contributed by atoms with Gasteiger partial charge < -0.3 is 38.3 Å². The Kier molecular flexibility index (Phi) is 11.3. The van der Waals surface area contributed by atoms with Gasteiger partial charge in [-0.15, -0.1) is 0 Å². The van der Waals surface area contributed by atoms with E-state index in [1.807, 2.05) is 13.8 Å². The number of halogens is 1. The number of rotatable bonds is 12. The summed E-state index contributed by atoms with van der Waals surface area (Å²) < 4.78 is 34.1. The lowest BCUT2D eigenvalue weighted by molar-refractivity contribution is -0.144. The summed E-state index contributed by atoms with van der Waals surface area (Å²) in [5, 5.41) is 3.89. The standard InChI is InChI=1S/C38H41ClN2O10/c1-8-48-37(45)33-21(2)26-17-24(13-15-29(26)50-33)40-32(43)18-31-36(44)41(19-38(4,5)20-49-22(3)42)28-14-12-23(39)16-27(28)34(51-31)25-10-9-11-30(46-6)35(25)47-7/h9-17,31,34H,8,18-20H2,1-7H3,(H,40,43)/t31-,34-/m1/s1. The van der Waals surface area contributed by atoms with E-state index in [0.29, 0.717) is 55.6 Å². The minimum absolute atomic E-state index is 0.0436. The Morgan fingerprint density at radius 1 is 1.00 bits per heavy atom. The van der Waals surface area contributed by atoms with Gasteiger partial charge in [0.15, 0.2) is 11.5 Å². The zero-order chi connectivity index (χ0) is 37.0. The van der Waals surface area contributed by atoms with Crippen molar-refractivity contribution in [2.75, 3.05) is 44.2 Å². The van der Waals surface area contributed by atoms with Crippen LogP contribution in [0.1, 0.15) is 67.5 Å². The van der Waals surface area contributed by atoms with Crippen molar-refractivity contribution in [3.8, 4) is 11.5 Å².